The summed E-state index contributed by atoms with van der Waals surface area (Å²) >= 11 is 6.07. The van der Waals surface area contributed by atoms with E-state index < -0.39 is 0 Å². The summed E-state index contributed by atoms with van der Waals surface area (Å²) in [6.07, 6.45) is 3.23. The molecule has 2 aromatic heterocycles. The molecule has 1 fully saturated rings. The van der Waals surface area contributed by atoms with Gasteiger partial charge in [-0.15, -0.1) is 0 Å². The summed E-state index contributed by atoms with van der Waals surface area (Å²) in [7, 11) is 0. The van der Waals surface area contributed by atoms with Gasteiger partial charge in [0.1, 0.15) is 0 Å². The number of hydrogen-bond acceptors (Lipinski definition) is 5. The van der Waals surface area contributed by atoms with E-state index in [0.717, 1.165) is 35.2 Å². The lowest BCUT2D eigenvalue weighted by molar-refractivity contribution is -0.117. The van der Waals surface area contributed by atoms with Crippen LogP contribution in [0.5, 0.6) is 0 Å². The molecule has 4 aromatic rings. The third-order valence-corrected chi connectivity index (χ3v) is 5.61. The molecule has 8 heteroatoms. The highest BCUT2D eigenvalue weighted by Gasteiger charge is 2.35. The zero-order valence-electron chi connectivity index (χ0n) is 16.5. The zero-order chi connectivity index (χ0) is 20.7. The fourth-order valence-electron chi connectivity index (χ4n) is 3.91. The molecule has 1 aliphatic heterocycles. The molecular weight excluding hydrogens is 402 g/mol. The van der Waals surface area contributed by atoms with Gasteiger partial charge in [0.05, 0.1) is 23.3 Å². The van der Waals surface area contributed by atoms with Crippen LogP contribution in [0, 0.1) is 0 Å². The fourth-order valence-corrected chi connectivity index (χ4v) is 4.09. The minimum Gasteiger partial charge on any atom is -0.339 e. The van der Waals surface area contributed by atoms with Crippen LogP contribution < -0.4 is 4.90 Å². The molecule has 1 saturated heterocycles. The Kier molecular flexibility index (Phi) is 4.75. The number of carbonyl (C=O) groups is 1. The summed E-state index contributed by atoms with van der Waals surface area (Å²) in [5.74, 6) is 0.847. The fraction of sp³-hybridized carbons (Fsp3) is 0.273. The van der Waals surface area contributed by atoms with Gasteiger partial charge in [-0.1, -0.05) is 29.7 Å². The van der Waals surface area contributed by atoms with Crippen LogP contribution in [0.25, 0.3) is 22.4 Å². The Morgan fingerprint density at radius 1 is 1.23 bits per heavy atom. The molecule has 0 radical (unpaired) electrons. The summed E-state index contributed by atoms with van der Waals surface area (Å²) in [6.45, 7) is 3.56. The number of amides is 1. The Morgan fingerprint density at radius 3 is 2.97 bits per heavy atom. The maximum absolute atomic E-state index is 12.5. The summed E-state index contributed by atoms with van der Waals surface area (Å²) in [5.41, 5.74) is 3.61. The average molecular weight is 422 g/mol. The second kappa shape index (κ2) is 7.57. The highest BCUT2D eigenvalue weighted by atomic mass is 35.5. The van der Waals surface area contributed by atoms with E-state index in [-0.39, 0.29) is 11.8 Å². The van der Waals surface area contributed by atoms with Crippen molar-refractivity contribution in [2.75, 3.05) is 11.4 Å². The van der Waals surface area contributed by atoms with E-state index in [1.165, 1.54) is 0 Å². The number of benzene rings is 2. The van der Waals surface area contributed by atoms with Gasteiger partial charge < -0.3 is 14.0 Å². The first-order valence-electron chi connectivity index (χ1n) is 9.97. The van der Waals surface area contributed by atoms with Gasteiger partial charge in [0.25, 0.3) is 0 Å². The quantitative estimate of drug-likeness (QED) is 0.468. The van der Waals surface area contributed by atoms with Crippen molar-refractivity contribution in [3.05, 3.63) is 59.7 Å². The van der Waals surface area contributed by atoms with Crippen LogP contribution in [-0.2, 0) is 11.3 Å². The first-order valence-corrected chi connectivity index (χ1v) is 10.3. The molecule has 5 rings (SSSR count). The number of fused-ring (bicyclic) bond motifs is 1. The van der Waals surface area contributed by atoms with Crippen molar-refractivity contribution in [2.45, 2.75) is 32.2 Å². The smallest absolute Gasteiger partial charge is 0.232 e. The molecule has 1 amide bonds. The summed E-state index contributed by atoms with van der Waals surface area (Å²) in [6, 6.07) is 13.3. The van der Waals surface area contributed by atoms with Crippen molar-refractivity contribution in [3.63, 3.8) is 0 Å². The van der Waals surface area contributed by atoms with Crippen LogP contribution in [0.4, 0.5) is 5.69 Å². The molecule has 3 heterocycles. The van der Waals surface area contributed by atoms with Crippen molar-refractivity contribution in [2.24, 2.45) is 0 Å². The van der Waals surface area contributed by atoms with E-state index in [1.807, 2.05) is 36.7 Å². The molecule has 1 aliphatic rings. The van der Waals surface area contributed by atoms with Gasteiger partial charge in [0.15, 0.2) is 0 Å². The number of carbonyl (C=O) groups excluding carboxylic acids is 1. The van der Waals surface area contributed by atoms with Crippen LogP contribution in [0.2, 0.25) is 5.02 Å². The van der Waals surface area contributed by atoms with E-state index in [2.05, 4.69) is 26.6 Å². The van der Waals surface area contributed by atoms with E-state index in [0.29, 0.717) is 29.7 Å². The molecule has 0 bridgehead atoms. The second-order valence-electron chi connectivity index (χ2n) is 7.48. The van der Waals surface area contributed by atoms with Gasteiger partial charge in [0, 0.05) is 35.8 Å². The van der Waals surface area contributed by atoms with Crippen LogP contribution in [0.1, 0.15) is 31.6 Å². The summed E-state index contributed by atoms with van der Waals surface area (Å²) < 4.78 is 7.66. The van der Waals surface area contributed by atoms with Crippen molar-refractivity contribution in [3.8, 4) is 11.4 Å². The summed E-state index contributed by atoms with van der Waals surface area (Å²) in [4.78, 5) is 23.3. The number of aromatic nitrogens is 4. The van der Waals surface area contributed by atoms with Crippen molar-refractivity contribution in [1.82, 2.24) is 19.7 Å². The number of imidazole rings is 1. The maximum atomic E-state index is 12.5. The predicted molar refractivity (Wildman–Crippen MR) is 114 cm³/mol. The first kappa shape index (κ1) is 18.8. The standard InChI is InChI=1S/C22H20ClN5O2/c1-2-8-27-13-24-18-9-14(6-7-19(18)27)21-25-22(30-26-21)15-10-20(29)28(12-15)17-5-3-4-16(23)11-17/h3-7,9,11,13,15H,2,8,10,12H2,1H3. The Labute approximate surface area is 178 Å². The normalized spacial score (nSPS) is 16.7. The van der Waals surface area contributed by atoms with Gasteiger partial charge in [-0.2, -0.15) is 4.98 Å². The van der Waals surface area contributed by atoms with Crippen LogP contribution in [0.3, 0.4) is 0 Å². The molecule has 1 unspecified atom stereocenters. The van der Waals surface area contributed by atoms with Gasteiger partial charge >= 0.3 is 0 Å². The SMILES string of the molecule is CCCn1cnc2cc(-c3noc(C4CC(=O)N(c5cccc(Cl)c5)C4)n3)ccc21. The van der Waals surface area contributed by atoms with Crippen LogP contribution in [-0.4, -0.2) is 32.1 Å². The van der Waals surface area contributed by atoms with Gasteiger partial charge in [-0.05, 0) is 42.8 Å². The number of nitrogens with zero attached hydrogens (tertiary/aromatic N) is 5. The topological polar surface area (TPSA) is 77.0 Å². The molecule has 0 aliphatic carbocycles. The van der Waals surface area contributed by atoms with Gasteiger partial charge in [-0.3, -0.25) is 4.79 Å². The molecule has 0 saturated carbocycles. The van der Waals surface area contributed by atoms with E-state index in [1.54, 1.807) is 17.0 Å². The van der Waals surface area contributed by atoms with E-state index in [9.17, 15) is 4.79 Å². The molecule has 30 heavy (non-hydrogen) atoms. The molecule has 1 atom stereocenters. The molecule has 7 nitrogen and oxygen atoms in total. The lowest BCUT2D eigenvalue weighted by Crippen LogP contribution is -2.24. The van der Waals surface area contributed by atoms with Gasteiger partial charge in [0.2, 0.25) is 17.6 Å². The Balaban J connectivity index is 1.38. The average Bonchev–Trinajstić information content (AvgIpc) is 3.46. The molecule has 152 valence electrons. The Hall–Kier alpha value is -3.19. The molecule has 0 N–H and O–H groups in total. The number of halogens is 1. The molecular formula is C22H20ClN5O2. The van der Waals surface area contributed by atoms with E-state index >= 15 is 0 Å². The predicted octanol–water partition coefficient (Wildman–Crippen LogP) is 4.67. The minimum atomic E-state index is -0.148. The lowest BCUT2D eigenvalue weighted by atomic mass is 10.1. The third-order valence-electron chi connectivity index (χ3n) is 5.38. The number of aryl methyl sites for hydroxylation is 1. The number of hydrogen-bond donors (Lipinski definition) is 0. The first-order chi connectivity index (χ1) is 14.6. The maximum Gasteiger partial charge on any atom is 0.232 e. The highest BCUT2D eigenvalue weighted by Crippen LogP contribution is 2.33. The highest BCUT2D eigenvalue weighted by molar-refractivity contribution is 6.30. The number of anilines is 1. The Morgan fingerprint density at radius 2 is 2.13 bits per heavy atom. The monoisotopic (exact) mass is 421 g/mol. The Bertz CT molecular complexity index is 1230. The molecule has 2 aromatic carbocycles. The minimum absolute atomic E-state index is 0.0184. The van der Waals surface area contributed by atoms with Crippen LogP contribution >= 0.6 is 11.6 Å². The zero-order valence-corrected chi connectivity index (χ0v) is 17.2. The van der Waals surface area contributed by atoms with Crippen molar-refractivity contribution >= 4 is 34.2 Å². The molecule has 0 spiro atoms. The van der Waals surface area contributed by atoms with Gasteiger partial charge in [-0.25, -0.2) is 4.98 Å². The van der Waals surface area contributed by atoms with Crippen molar-refractivity contribution < 1.29 is 9.32 Å². The largest absolute Gasteiger partial charge is 0.339 e. The van der Waals surface area contributed by atoms with E-state index in [4.69, 9.17) is 16.1 Å². The number of rotatable bonds is 5. The lowest BCUT2D eigenvalue weighted by Gasteiger charge is -2.16. The van der Waals surface area contributed by atoms with Crippen LogP contribution in [0.15, 0.2) is 53.3 Å². The summed E-state index contributed by atoms with van der Waals surface area (Å²) in [5, 5.41) is 4.74. The third kappa shape index (κ3) is 3.35. The second-order valence-corrected chi connectivity index (χ2v) is 7.92. The van der Waals surface area contributed by atoms with Crippen molar-refractivity contribution in [1.29, 1.82) is 0 Å².